The summed E-state index contributed by atoms with van der Waals surface area (Å²) >= 11 is 0. The van der Waals surface area contributed by atoms with E-state index in [0.29, 0.717) is 6.92 Å². The Bertz CT molecular complexity index is 317. The summed E-state index contributed by atoms with van der Waals surface area (Å²) in [5, 5.41) is 0. The van der Waals surface area contributed by atoms with Gasteiger partial charge in [-0.1, -0.05) is 6.92 Å². The summed E-state index contributed by atoms with van der Waals surface area (Å²) < 4.78 is 137. The van der Waals surface area contributed by atoms with Crippen molar-refractivity contribution in [1.29, 1.82) is 0 Å². The first-order valence-corrected chi connectivity index (χ1v) is 4.78. The molecule has 0 amide bonds. The van der Waals surface area contributed by atoms with Crippen LogP contribution >= 0.6 is 0 Å². The zero-order valence-electron chi connectivity index (χ0n) is 9.43. The maximum Gasteiger partial charge on any atom is 0.445 e. The number of ether oxygens (including phenoxy) is 1. The van der Waals surface area contributed by atoms with E-state index < -0.39 is 43.1 Å². The normalized spacial score (nSPS) is 18.0. The molecule has 0 rings (SSSR count). The average molecular weight is 328 g/mol. The van der Waals surface area contributed by atoms with E-state index in [-0.39, 0.29) is 0 Å². The van der Waals surface area contributed by atoms with Crippen LogP contribution in [-0.4, -0.2) is 30.7 Å². The Hall–Kier alpha value is -0.810. The van der Waals surface area contributed by atoms with Crippen molar-refractivity contribution in [2.24, 2.45) is 5.92 Å². The van der Waals surface area contributed by atoms with Gasteiger partial charge in [-0.3, -0.25) is 4.74 Å². The lowest BCUT2D eigenvalue weighted by Crippen LogP contribution is -2.54. The minimum atomic E-state index is -6.29. The third kappa shape index (κ3) is 4.09. The van der Waals surface area contributed by atoms with Crippen LogP contribution in [0.15, 0.2) is 0 Å². The van der Waals surface area contributed by atoms with Gasteiger partial charge in [-0.05, 0) is 6.42 Å². The van der Waals surface area contributed by atoms with Gasteiger partial charge >= 0.3 is 24.4 Å². The number of alkyl halides is 11. The second-order valence-corrected chi connectivity index (χ2v) is 3.62. The molecule has 0 aromatic rings. The SMILES string of the molecule is CCC(C(F)(F)F)C(F)(F)C(F)(F)OC(F)C(F)(F)F. The van der Waals surface area contributed by atoms with E-state index in [4.69, 9.17) is 0 Å². The lowest BCUT2D eigenvalue weighted by Gasteiger charge is -2.33. The molecule has 2 atom stereocenters. The fourth-order valence-corrected chi connectivity index (χ4v) is 1.17. The molecule has 0 radical (unpaired) electrons. The number of rotatable bonds is 5. The molecular formula is C8H7F11O. The smallest absolute Gasteiger partial charge is 0.272 e. The molecule has 122 valence electrons. The van der Waals surface area contributed by atoms with Crippen LogP contribution in [0.5, 0.6) is 0 Å². The molecular weight excluding hydrogens is 321 g/mol. The predicted octanol–water partition coefficient (Wildman–Crippen LogP) is 4.68. The van der Waals surface area contributed by atoms with Gasteiger partial charge in [0.2, 0.25) is 0 Å². The Morgan fingerprint density at radius 2 is 1.20 bits per heavy atom. The summed E-state index contributed by atoms with van der Waals surface area (Å²) in [6.45, 7) is 0.457. The molecule has 0 heterocycles. The summed E-state index contributed by atoms with van der Waals surface area (Å²) in [5.41, 5.74) is 0. The van der Waals surface area contributed by atoms with Gasteiger partial charge in [-0.15, -0.1) is 0 Å². The molecule has 0 N–H and O–H groups in total. The highest BCUT2D eigenvalue weighted by molar-refractivity contribution is 4.89. The second-order valence-electron chi connectivity index (χ2n) is 3.62. The quantitative estimate of drug-likeness (QED) is 0.666. The molecule has 0 saturated carbocycles. The van der Waals surface area contributed by atoms with Crippen molar-refractivity contribution in [1.82, 2.24) is 0 Å². The Labute approximate surface area is 104 Å². The molecule has 0 saturated heterocycles. The zero-order chi connectivity index (χ0) is 16.6. The standard InChI is InChI=1S/C8H7F11O/c1-2-3(6(12,13)14)5(10,11)8(18,19)20-4(9)7(15,16)17/h3-4H,2H2,1H3. The third-order valence-electron chi connectivity index (χ3n) is 2.14. The van der Waals surface area contributed by atoms with E-state index in [1.807, 2.05) is 0 Å². The van der Waals surface area contributed by atoms with Crippen LogP contribution in [0.1, 0.15) is 13.3 Å². The molecule has 0 bridgehead atoms. The van der Waals surface area contributed by atoms with Crippen molar-refractivity contribution >= 4 is 0 Å². The van der Waals surface area contributed by atoms with Crippen molar-refractivity contribution in [2.45, 2.75) is 44.1 Å². The summed E-state index contributed by atoms with van der Waals surface area (Å²) in [4.78, 5) is 0. The molecule has 0 aliphatic heterocycles. The van der Waals surface area contributed by atoms with Crippen LogP contribution in [0.25, 0.3) is 0 Å². The van der Waals surface area contributed by atoms with Gasteiger partial charge in [0.05, 0.1) is 0 Å². The summed E-state index contributed by atoms with van der Waals surface area (Å²) in [7, 11) is 0. The maximum atomic E-state index is 13.0. The lowest BCUT2D eigenvalue weighted by atomic mass is 9.96. The highest BCUT2D eigenvalue weighted by Gasteiger charge is 2.70. The van der Waals surface area contributed by atoms with E-state index in [9.17, 15) is 48.3 Å². The molecule has 2 unspecified atom stereocenters. The predicted molar refractivity (Wildman–Crippen MR) is 41.8 cm³/mol. The number of hydrogen-bond donors (Lipinski definition) is 0. The fraction of sp³-hybridized carbons (Fsp3) is 1.00. The zero-order valence-corrected chi connectivity index (χ0v) is 9.43. The van der Waals surface area contributed by atoms with Crippen LogP contribution in [0.2, 0.25) is 0 Å². The molecule has 0 aliphatic carbocycles. The second kappa shape index (κ2) is 5.53. The van der Waals surface area contributed by atoms with Crippen molar-refractivity contribution in [2.75, 3.05) is 0 Å². The highest BCUT2D eigenvalue weighted by atomic mass is 19.4. The molecule has 0 fully saturated rings. The van der Waals surface area contributed by atoms with Crippen molar-refractivity contribution in [3.63, 3.8) is 0 Å². The number of halogens is 11. The molecule has 0 aromatic carbocycles. The summed E-state index contributed by atoms with van der Waals surface area (Å²) in [6.07, 6.45) is -24.6. The van der Waals surface area contributed by atoms with Crippen molar-refractivity contribution in [3.05, 3.63) is 0 Å². The highest BCUT2D eigenvalue weighted by Crippen LogP contribution is 2.50. The minimum absolute atomic E-state index is 0.457. The van der Waals surface area contributed by atoms with E-state index in [1.54, 1.807) is 0 Å². The van der Waals surface area contributed by atoms with Gasteiger partial charge in [-0.2, -0.15) is 43.9 Å². The molecule has 0 aromatic heterocycles. The average Bonchev–Trinajstić information content (AvgIpc) is 2.12. The van der Waals surface area contributed by atoms with Gasteiger partial charge in [0.1, 0.15) is 5.92 Å². The number of hydrogen-bond acceptors (Lipinski definition) is 1. The molecule has 12 heteroatoms. The Morgan fingerprint density at radius 3 is 1.45 bits per heavy atom. The molecule has 0 aliphatic rings. The van der Waals surface area contributed by atoms with E-state index in [1.165, 1.54) is 0 Å². The van der Waals surface area contributed by atoms with Crippen LogP contribution in [0.3, 0.4) is 0 Å². The topological polar surface area (TPSA) is 9.23 Å². The maximum absolute atomic E-state index is 13.0. The van der Waals surface area contributed by atoms with Crippen LogP contribution < -0.4 is 0 Å². The van der Waals surface area contributed by atoms with Crippen molar-refractivity contribution < 1.29 is 53.0 Å². The van der Waals surface area contributed by atoms with E-state index in [2.05, 4.69) is 4.74 Å². The van der Waals surface area contributed by atoms with Crippen molar-refractivity contribution in [3.8, 4) is 0 Å². The lowest BCUT2D eigenvalue weighted by molar-refractivity contribution is -0.432. The van der Waals surface area contributed by atoms with Gasteiger partial charge in [0.25, 0.3) is 6.36 Å². The third-order valence-corrected chi connectivity index (χ3v) is 2.14. The Morgan fingerprint density at radius 1 is 0.800 bits per heavy atom. The van der Waals surface area contributed by atoms with Crippen LogP contribution in [0.4, 0.5) is 48.3 Å². The van der Waals surface area contributed by atoms with Gasteiger partial charge in [-0.25, -0.2) is 4.39 Å². The fourth-order valence-electron chi connectivity index (χ4n) is 1.17. The summed E-state index contributed by atoms with van der Waals surface area (Å²) in [6, 6.07) is 0. The van der Waals surface area contributed by atoms with Crippen LogP contribution in [-0.2, 0) is 4.74 Å². The molecule has 20 heavy (non-hydrogen) atoms. The first-order chi connectivity index (χ1) is 8.57. The largest absolute Gasteiger partial charge is 0.445 e. The minimum Gasteiger partial charge on any atom is -0.272 e. The first-order valence-electron chi connectivity index (χ1n) is 4.78. The van der Waals surface area contributed by atoms with E-state index >= 15 is 0 Å². The van der Waals surface area contributed by atoms with Gasteiger partial charge in [0.15, 0.2) is 0 Å². The Balaban J connectivity index is 5.35. The summed E-state index contributed by atoms with van der Waals surface area (Å²) in [5.74, 6) is -10.1. The van der Waals surface area contributed by atoms with E-state index in [0.717, 1.165) is 0 Å². The molecule has 0 spiro atoms. The van der Waals surface area contributed by atoms with Crippen LogP contribution in [0, 0.1) is 5.92 Å². The molecule has 1 nitrogen and oxygen atoms in total. The first kappa shape index (κ1) is 19.2. The van der Waals surface area contributed by atoms with Gasteiger partial charge in [0, 0.05) is 0 Å². The monoisotopic (exact) mass is 328 g/mol. The Kier molecular flexibility index (Phi) is 5.30. The van der Waals surface area contributed by atoms with Gasteiger partial charge < -0.3 is 0 Å².